The number of anilines is 1. The van der Waals surface area contributed by atoms with Gasteiger partial charge in [-0.1, -0.05) is 20.8 Å². The number of carbonyl (C=O) groups is 1. The first-order valence-electron chi connectivity index (χ1n) is 10.8. The fraction of sp³-hybridized carbons (Fsp3) is 0.696. The lowest BCUT2D eigenvalue weighted by Crippen LogP contribution is -2.44. The van der Waals surface area contributed by atoms with Gasteiger partial charge in [0.05, 0.1) is 6.61 Å². The molecule has 1 heterocycles. The predicted molar refractivity (Wildman–Crippen MR) is 115 cm³/mol. The minimum absolute atomic E-state index is 0.0890. The van der Waals surface area contributed by atoms with Crippen LogP contribution < -0.4 is 10.1 Å². The minimum Gasteiger partial charge on any atom is -0.494 e. The second-order valence-corrected chi connectivity index (χ2v) is 8.41. The fourth-order valence-electron chi connectivity index (χ4n) is 3.71. The van der Waals surface area contributed by atoms with Crippen molar-refractivity contribution in [1.29, 1.82) is 0 Å². The van der Waals surface area contributed by atoms with Crippen molar-refractivity contribution in [1.82, 2.24) is 4.90 Å². The van der Waals surface area contributed by atoms with Gasteiger partial charge in [0, 0.05) is 18.8 Å². The number of carbonyl (C=O) groups excluding carboxylic acids is 1. The van der Waals surface area contributed by atoms with Gasteiger partial charge in [0.15, 0.2) is 0 Å². The van der Waals surface area contributed by atoms with Gasteiger partial charge in [-0.25, -0.2) is 0 Å². The van der Waals surface area contributed by atoms with Crippen molar-refractivity contribution in [3.05, 3.63) is 24.3 Å². The zero-order valence-corrected chi connectivity index (χ0v) is 18.1. The number of ether oxygens (including phenoxy) is 2. The highest BCUT2D eigenvalue weighted by Gasteiger charge is 2.34. The monoisotopic (exact) mass is 390 g/mol. The van der Waals surface area contributed by atoms with E-state index in [4.69, 9.17) is 9.47 Å². The predicted octanol–water partition coefficient (Wildman–Crippen LogP) is 4.72. The number of rotatable bonds is 12. The van der Waals surface area contributed by atoms with Crippen LogP contribution >= 0.6 is 0 Å². The minimum atomic E-state index is -0.811. The van der Waals surface area contributed by atoms with Crippen LogP contribution in [-0.2, 0) is 9.53 Å². The summed E-state index contributed by atoms with van der Waals surface area (Å²) < 4.78 is 11.7. The fourth-order valence-corrected chi connectivity index (χ4v) is 3.71. The topological polar surface area (TPSA) is 50.8 Å². The van der Waals surface area contributed by atoms with Crippen LogP contribution in [0.4, 0.5) is 5.69 Å². The van der Waals surface area contributed by atoms with Gasteiger partial charge in [-0.15, -0.1) is 0 Å². The van der Waals surface area contributed by atoms with E-state index in [2.05, 4.69) is 31.0 Å². The van der Waals surface area contributed by atoms with Crippen LogP contribution in [0, 0.1) is 5.92 Å². The highest BCUT2D eigenvalue weighted by atomic mass is 16.5. The van der Waals surface area contributed by atoms with Gasteiger partial charge in [0.2, 0.25) is 0 Å². The molecule has 0 aromatic heterocycles. The van der Waals surface area contributed by atoms with Crippen LogP contribution in [0.1, 0.15) is 59.8 Å². The molecule has 0 bridgehead atoms. The Labute approximate surface area is 170 Å². The summed E-state index contributed by atoms with van der Waals surface area (Å²) in [6.45, 7) is 13.0. The molecule has 1 aliphatic heterocycles. The van der Waals surface area contributed by atoms with Gasteiger partial charge >= 0.3 is 0 Å². The molecule has 1 saturated heterocycles. The van der Waals surface area contributed by atoms with Crippen molar-refractivity contribution < 1.29 is 14.3 Å². The van der Waals surface area contributed by atoms with Crippen molar-refractivity contribution in [2.75, 3.05) is 38.2 Å². The molecule has 0 spiro atoms. The lowest BCUT2D eigenvalue weighted by atomic mass is 9.93. The Bertz CT molecular complexity index is 582. The molecule has 0 radical (unpaired) electrons. The lowest BCUT2D eigenvalue weighted by molar-refractivity contribution is -0.141. The van der Waals surface area contributed by atoms with E-state index in [1.807, 2.05) is 31.2 Å². The summed E-state index contributed by atoms with van der Waals surface area (Å²) in [4.78, 5) is 15.3. The number of benzene rings is 1. The third kappa shape index (κ3) is 7.44. The van der Waals surface area contributed by atoms with Gasteiger partial charge in [-0.05, 0) is 82.3 Å². The maximum Gasteiger partial charge on any atom is 0.256 e. The molecule has 158 valence electrons. The molecule has 28 heavy (non-hydrogen) atoms. The lowest BCUT2D eigenvalue weighted by Gasteiger charge is -2.30. The molecule has 5 heteroatoms. The number of amides is 1. The van der Waals surface area contributed by atoms with Gasteiger partial charge in [-0.2, -0.15) is 0 Å². The number of hydrogen-bond donors (Lipinski definition) is 1. The van der Waals surface area contributed by atoms with Crippen LogP contribution in [0.15, 0.2) is 24.3 Å². The summed E-state index contributed by atoms with van der Waals surface area (Å²) in [6, 6.07) is 7.61. The number of likely N-dealkylation sites (tertiary alicyclic amines) is 1. The Balaban J connectivity index is 1.81. The Morgan fingerprint density at radius 1 is 1.18 bits per heavy atom. The maximum atomic E-state index is 12.8. The molecule has 1 aromatic carbocycles. The maximum absolute atomic E-state index is 12.8. The molecule has 0 aliphatic carbocycles. The zero-order chi connectivity index (χ0) is 20.4. The highest BCUT2D eigenvalue weighted by molar-refractivity contribution is 5.97. The summed E-state index contributed by atoms with van der Waals surface area (Å²) >= 11 is 0. The van der Waals surface area contributed by atoms with Gasteiger partial charge in [0.25, 0.3) is 5.91 Å². The van der Waals surface area contributed by atoms with Gasteiger partial charge < -0.3 is 19.7 Å². The smallest absolute Gasteiger partial charge is 0.256 e. The Kier molecular flexibility index (Phi) is 9.26. The number of nitrogens with one attached hydrogen (secondary N) is 1. The van der Waals surface area contributed by atoms with E-state index in [0.29, 0.717) is 18.9 Å². The third-order valence-electron chi connectivity index (χ3n) is 5.10. The molecular weight excluding hydrogens is 352 g/mol. The SMILES string of the molecule is CCCO[C@](C)(CC(C)C)C(=O)Nc1ccc(OCCCN2CCCC2)cc1. The van der Waals surface area contributed by atoms with E-state index in [-0.39, 0.29) is 5.91 Å². The van der Waals surface area contributed by atoms with E-state index < -0.39 is 5.60 Å². The van der Waals surface area contributed by atoms with E-state index in [1.165, 1.54) is 25.9 Å². The molecule has 1 N–H and O–H groups in total. The molecule has 1 atom stereocenters. The van der Waals surface area contributed by atoms with Crippen molar-refractivity contribution >= 4 is 11.6 Å². The van der Waals surface area contributed by atoms with E-state index >= 15 is 0 Å². The largest absolute Gasteiger partial charge is 0.494 e. The normalized spacial score (nSPS) is 16.9. The summed E-state index contributed by atoms with van der Waals surface area (Å²) in [5.74, 6) is 1.13. The summed E-state index contributed by atoms with van der Waals surface area (Å²) in [7, 11) is 0. The third-order valence-corrected chi connectivity index (χ3v) is 5.10. The highest BCUT2D eigenvalue weighted by Crippen LogP contribution is 2.24. The molecule has 5 nitrogen and oxygen atoms in total. The van der Waals surface area contributed by atoms with E-state index in [1.54, 1.807) is 0 Å². The second-order valence-electron chi connectivity index (χ2n) is 8.41. The van der Waals surface area contributed by atoms with Crippen molar-refractivity contribution in [3.8, 4) is 5.75 Å². The van der Waals surface area contributed by atoms with Crippen LogP contribution in [0.3, 0.4) is 0 Å². The first-order chi connectivity index (χ1) is 13.4. The van der Waals surface area contributed by atoms with Crippen molar-refractivity contribution in [2.45, 2.75) is 65.4 Å². The molecule has 1 fully saturated rings. The number of hydrogen-bond acceptors (Lipinski definition) is 4. The summed E-state index contributed by atoms with van der Waals surface area (Å²) in [5.41, 5.74) is -0.0425. The molecule has 1 amide bonds. The first-order valence-corrected chi connectivity index (χ1v) is 10.8. The summed E-state index contributed by atoms with van der Waals surface area (Å²) in [5, 5.41) is 3.00. The average Bonchev–Trinajstić information content (AvgIpc) is 3.18. The summed E-state index contributed by atoms with van der Waals surface area (Å²) in [6.07, 6.45) is 5.28. The zero-order valence-electron chi connectivity index (χ0n) is 18.1. The number of nitrogens with zero attached hydrogens (tertiary/aromatic N) is 1. The van der Waals surface area contributed by atoms with Crippen LogP contribution in [0.5, 0.6) is 5.75 Å². The van der Waals surface area contributed by atoms with Crippen LogP contribution in [0.2, 0.25) is 0 Å². The van der Waals surface area contributed by atoms with E-state index in [0.717, 1.165) is 37.4 Å². The van der Waals surface area contributed by atoms with Gasteiger partial charge in [0.1, 0.15) is 11.4 Å². The molecule has 1 aromatic rings. The molecule has 2 rings (SSSR count). The standard InChI is InChI=1S/C23H38N2O3/c1-5-16-28-23(4,18-19(2)3)22(26)24-20-9-11-21(12-10-20)27-17-8-15-25-13-6-7-14-25/h9-12,19H,5-8,13-18H2,1-4H3,(H,24,26)/t23-/m1/s1. The molecule has 0 saturated carbocycles. The Morgan fingerprint density at radius 3 is 2.46 bits per heavy atom. The molecule has 1 aliphatic rings. The van der Waals surface area contributed by atoms with Gasteiger partial charge in [-0.3, -0.25) is 4.79 Å². The average molecular weight is 391 g/mol. The molecule has 0 unspecified atom stereocenters. The molecular formula is C23H38N2O3. The first kappa shape index (κ1) is 22.7. The Hall–Kier alpha value is -1.59. The Morgan fingerprint density at radius 2 is 1.86 bits per heavy atom. The van der Waals surface area contributed by atoms with Crippen LogP contribution in [-0.4, -0.2) is 49.3 Å². The van der Waals surface area contributed by atoms with Crippen molar-refractivity contribution in [3.63, 3.8) is 0 Å². The quantitative estimate of drug-likeness (QED) is 0.525. The second kappa shape index (κ2) is 11.4. The van der Waals surface area contributed by atoms with E-state index in [9.17, 15) is 4.79 Å². The van der Waals surface area contributed by atoms with Crippen molar-refractivity contribution in [2.24, 2.45) is 5.92 Å². The van der Waals surface area contributed by atoms with Crippen LogP contribution in [0.25, 0.3) is 0 Å².